The molecular weight excluding hydrogens is 332 g/mol. The second-order valence-electron chi connectivity index (χ2n) is 6.25. The number of benzene rings is 1. The van der Waals surface area contributed by atoms with Gasteiger partial charge in [0.05, 0.1) is 36.7 Å². The van der Waals surface area contributed by atoms with E-state index in [-0.39, 0.29) is 5.97 Å². The quantitative estimate of drug-likeness (QED) is 0.445. The highest BCUT2D eigenvalue weighted by Crippen LogP contribution is 2.29. The normalized spacial score (nSPS) is 15.1. The fourth-order valence-corrected chi connectivity index (χ4v) is 3.14. The Labute approximate surface area is 153 Å². The number of pyridine rings is 1. The van der Waals surface area contributed by atoms with Crippen molar-refractivity contribution in [3.63, 3.8) is 0 Å². The van der Waals surface area contributed by atoms with Crippen LogP contribution < -0.4 is 11.1 Å². The van der Waals surface area contributed by atoms with Crippen LogP contribution in [0.1, 0.15) is 23.7 Å². The Hall–Kier alpha value is -2.38. The zero-order chi connectivity index (χ0) is 18.4. The van der Waals surface area contributed by atoms with Gasteiger partial charge in [0, 0.05) is 31.2 Å². The number of fused-ring (bicyclic) bond motifs is 1. The van der Waals surface area contributed by atoms with Gasteiger partial charge in [0.2, 0.25) is 0 Å². The molecule has 2 heterocycles. The summed E-state index contributed by atoms with van der Waals surface area (Å²) in [7, 11) is 0. The van der Waals surface area contributed by atoms with Gasteiger partial charge in [-0.25, -0.2) is 4.79 Å². The number of rotatable bonds is 7. The number of aromatic nitrogens is 1. The molecule has 26 heavy (non-hydrogen) atoms. The van der Waals surface area contributed by atoms with Gasteiger partial charge in [0.15, 0.2) is 0 Å². The first-order valence-electron chi connectivity index (χ1n) is 9.09. The number of hydrogen-bond acceptors (Lipinski definition) is 7. The van der Waals surface area contributed by atoms with Crippen LogP contribution in [0.15, 0.2) is 24.4 Å². The smallest absolute Gasteiger partial charge is 0.341 e. The molecule has 1 aliphatic rings. The summed E-state index contributed by atoms with van der Waals surface area (Å²) < 4.78 is 10.5. The summed E-state index contributed by atoms with van der Waals surface area (Å²) in [5.41, 5.74) is 8.50. The molecule has 0 amide bonds. The van der Waals surface area contributed by atoms with Gasteiger partial charge in [0.25, 0.3) is 0 Å². The summed E-state index contributed by atoms with van der Waals surface area (Å²) in [5, 5.41) is 4.24. The second kappa shape index (κ2) is 8.82. The molecule has 0 aliphatic carbocycles. The van der Waals surface area contributed by atoms with Gasteiger partial charge in [-0.2, -0.15) is 0 Å². The van der Waals surface area contributed by atoms with Gasteiger partial charge in [-0.15, -0.1) is 0 Å². The number of morpholine rings is 1. The third-order valence-corrected chi connectivity index (χ3v) is 4.48. The molecule has 3 N–H and O–H groups in total. The molecule has 1 saturated heterocycles. The molecule has 1 aromatic carbocycles. The topological polar surface area (TPSA) is 89.7 Å². The molecule has 140 valence electrons. The Balaban J connectivity index is 1.76. The van der Waals surface area contributed by atoms with Gasteiger partial charge in [-0.05, 0) is 26.0 Å². The largest absolute Gasteiger partial charge is 0.462 e. The number of hydrogen-bond donors (Lipinski definition) is 2. The Bertz CT molecular complexity index is 760. The first-order chi connectivity index (χ1) is 12.7. The van der Waals surface area contributed by atoms with E-state index in [9.17, 15) is 4.79 Å². The van der Waals surface area contributed by atoms with Gasteiger partial charge in [-0.1, -0.05) is 12.1 Å². The highest BCUT2D eigenvalue weighted by atomic mass is 16.5. The van der Waals surface area contributed by atoms with Crippen LogP contribution in [0.4, 0.5) is 11.4 Å². The van der Waals surface area contributed by atoms with E-state index in [0.29, 0.717) is 23.4 Å². The third kappa shape index (κ3) is 4.23. The fourth-order valence-electron chi connectivity index (χ4n) is 3.14. The SMILES string of the molecule is CCOC(=O)c1cnc2c(N)cccc2c1NCCCN1CCOCC1. The first kappa shape index (κ1) is 18.4. The first-order valence-corrected chi connectivity index (χ1v) is 9.09. The van der Waals surface area contributed by atoms with Crippen molar-refractivity contribution in [1.82, 2.24) is 9.88 Å². The van der Waals surface area contributed by atoms with Crippen molar-refractivity contribution in [2.75, 3.05) is 57.1 Å². The number of esters is 1. The minimum absolute atomic E-state index is 0.324. The van der Waals surface area contributed by atoms with Crippen LogP contribution >= 0.6 is 0 Å². The van der Waals surface area contributed by atoms with Crippen molar-refractivity contribution >= 4 is 28.2 Å². The van der Waals surface area contributed by atoms with Crippen LogP contribution in [0.3, 0.4) is 0 Å². The summed E-state index contributed by atoms with van der Waals surface area (Å²) in [4.78, 5) is 19.1. The highest BCUT2D eigenvalue weighted by Gasteiger charge is 2.17. The lowest BCUT2D eigenvalue weighted by Gasteiger charge is -2.26. The lowest BCUT2D eigenvalue weighted by atomic mass is 10.1. The third-order valence-electron chi connectivity index (χ3n) is 4.48. The summed E-state index contributed by atoms with van der Waals surface area (Å²) in [6.07, 6.45) is 2.51. The number of nitrogen functional groups attached to an aromatic ring is 1. The van der Waals surface area contributed by atoms with Crippen LogP contribution in [-0.2, 0) is 9.47 Å². The molecule has 0 atom stereocenters. The molecule has 0 bridgehead atoms. The van der Waals surface area contributed by atoms with E-state index in [2.05, 4.69) is 15.2 Å². The molecule has 1 aromatic heterocycles. The van der Waals surface area contributed by atoms with E-state index < -0.39 is 0 Å². The number of ether oxygens (including phenoxy) is 2. The Kier molecular flexibility index (Phi) is 6.25. The van der Waals surface area contributed by atoms with E-state index in [1.165, 1.54) is 0 Å². The number of nitrogens with two attached hydrogens (primary N) is 1. The van der Waals surface area contributed by atoms with E-state index in [1.54, 1.807) is 13.1 Å². The maximum Gasteiger partial charge on any atom is 0.341 e. The van der Waals surface area contributed by atoms with Gasteiger partial charge >= 0.3 is 5.97 Å². The molecule has 3 rings (SSSR count). The monoisotopic (exact) mass is 358 g/mol. The molecule has 7 nitrogen and oxygen atoms in total. The Morgan fingerprint density at radius 1 is 1.38 bits per heavy atom. The van der Waals surface area contributed by atoms with Crippen molar-refractivity contribution in [3.05, 3.63) is 30.0 Å². The predicted octanol–water partition coefficient (Wildman–Crippen LogP) is 2.13. The Morgan fingerprint density at radius 2 is 2.19 bits per heavy atom. The number of carbonyl (C=O) groups excluding carboxylic acids is 1. The van der Waals surface area contributed by atoms with Crippen molar-refractivity contribution in [3.8, 4) is 0 Å². The van der Waals surface area contributed by atoms with Crippen molar-refractivity contribution in [2.45, 2.75) is 13.3 Å². The molecule has 1 aliphatic heterocycles. The number of carbonyl (C=O) groups is 1. The fraction of sp³-hybridized carbons (Fsp3) is 0.474. The Morgan fingerprint density at radius 3 is 2.96 bits per heavy atom. The van der Waals surface area contributed by atoms with E-state index in [4.69, 9.17) is 15.2 Å². The molecule has 1 fully saturated rings. The van der Waals surface area contributed by atoms with Gasteiger partial charge < -0.3 is 20.5 Å². The predicted molar refractivity (Wildman–Crippen MR) is 102 cm³/mol. The lowest BCUT2D eigenvalue weighted by Crippen LogP contribution is -2.37. The minimum Gasteiger partial charge on any atom is -0.462 e. The minimum atomic E-state index is -0.375. The molecular formula is C19H26N4O3. The van der Waals surface area contributed by atoms with Crippen LogP contribution in [0.5, 0.6) is 0 Å². The zero-order valence-corrected chi connectivity index (χ0v) is 15.2. The summed E-state index contributed by atoms with van der Waals surface area (Å²) in [5.74, 6) is -0.375. The van der Waals surface area contributed by atoms with Crippen molar-refractivity contribution in [1.29, 1.82) is 0 Å². The second-order valence-corrected chi connectivity index (χ2v) is 6.25. The maximum absolute atomic E-state index is 12.3. The number of nitrogens with zero attached hydrogens (tertiary/aromatic N) is 2. The van der Waals surface area contributed by atoms with Gasteiger partial charge in [0.1, 0.15) is 5.56 Å². The van der Waals surface area contributed by atoms with E-state index in [0.717, 1.165) is 56.9 Å². The molecule has 2 aromatic rings. The summed E-state index contributed by atoms with van der Waals surface area (Å²) >= 11 is 0. The summed E-state index contributed by atoms with van der Waals surface area (Å²) in [6, 6.07) is 5.60. The van der Waals surface area contributed by atoms with Crippen LogP contribution in [0.2, 0.25) is 0 Å². The number of nitrogens with one attached hydrogen (secondary N) is 1. The molecule has 0 radical (unpaired) electrons. The average molecular weight is 358 g/mol. The van der Waals surface area contributed by atoms with Gasteiger partial charge in [-0.3, -0.25) is 9.88 Å². The molecule has 0 saturated carbocycles. The standard InChI is InChI=1S/C19H26N4O3/c1-2-26-19(24)15-13-22-18-14(5-3-6-16(18)20)17(15)21-7-4-8-23-9-11-25-12-10-23/h3,5-6,13H,2,4,7-12,20H2,1H3,(H,21,22). The average Bonchev–Trinajstić information content (AvgIpc) is 2.66. The summed E-state index contributed by atoms with van der Waals surface area (Å²) in [6.45, 7) is 7.41. The molecule has 0 spiro atoms. The number of anilines is 2. The van der Waals surface area contributed by atoms with Crippen molar-refractivity contribution < 1.29 is 14.3 Å². The lowest BCUT2D eigenvalue weighted by molar-refractivity contribution is 0.0378. The van der Waals surface area contributed by atoms with Crippen LogP contribution in [0.25, 0.3) is 10.9 Å². The maximum atomic E-state index is 12.3. The van der Waals surface area contributed by atoms with E-state index >= 15 is 0 Å². The molecule has 0 unspecified atom stereocenters. The van der Waals surface area contributed by atoms with Crippen LogP contribution in [0, 0.1) is 0 Å². The molecule has 7 heteroatoms. The highest BCUT2D eigenvalue weighted by molar-refractivity contribution is 6.07. The number of para-hydroxylation sites is 1. The van der Waals surface area contributed by atoms with Crippen molar-refractivity contribution in [2.24, 2.45) is 0 Å². The van der Waals surface area contributed by atoms with Crippen LogP contribution in [-0.4, -0.2) is 61.9 Å². The zero-order valence-electron chi connectivity index (χ0n) is 15.2. The van der Waals surface area contributed by atoms with E-state index in [1.807, 2.05) is 18.2 Å².